The Morgan fingerprint density at radius 3 is 2.06 bits per heavy atom. The molecule has 0 aliphatic carbocycles. The summed E-state index contributed by atoms with van der Waals surface area (Å²) in [5.41, 5.74) is 2.32. The fourth-order valence-corrected chi connectivity index (χ4v) is 5.67. The summed E-state index contributed by atoms with van der Waals surface area (Å²) in [6.07, 6.45) is 1.51. The number of fused-ring (bicyclic) bond motifs is 1. The lowest BCUT2D eigenvalue weighted by atomic mass is 10.1. The first-order chi connectivity index (χ1) is 16.3. The lowest BCUT2D eigenvalue weighted by Crippen LogP contribution is -2.48. The highest BCUT2D eigenvalue weighted by Crippen LogP contribution is 2.25. The van der Waals surface area contributed by atoms with Crippen molar-refractivity contribution in [3.05, 3.63) is 83.3 Å². The number of aromatic nitrogens is 2. The maximum atomic E-state index is 13.2. The van der Waals surface area contributed by atoms with E-state index in [1.54, 1.807) is 36.4 Å². The number of carbonyl (C=O) groups is 2. The molecule has 1 fully saturated rings. The van der Waals surface area contributed by atoms with Gasteiger partial charge in [-0.05, 0) is 36.8 Å². The van der Waals surface area contributed by atoms with Crippen LogP contribution in [0.1, 0.15) is 32.0 Å². The van der Waals surface area contributed by atoms with E-state index < -0.39 is 10.0 Å². The Morgan fingerprint density at radius 1 is 0.853 bits per heavy atom. The molecule has 0 bridgehead atoms. The molecule has 2 aromatic carbocycles. The predicted octanol–water partition coefficient (Wildman–Crippen LogP) is 2.09. The Morgan fingerprint density at radius 2 is 1.47 bits per heavy atom. The van der Waals surface area contributed by atoms with E-state index in [9.17, 15) is 18.0 Å². The highest BCUT2D eigenvalue weighted by molar-refractivity contribution is 7.89. The third-order valence-electron chi connectivity index (χ3n) is 6.13. The summed E-state index contributed by atoms with van der Waals surface area (Å²) in [7, 11) is -3.66. The van der Waals surface area contributed by atoms with Crippen LogP contribution >= 0.6 is 0 Å². The standard InChI is InChI=1S/C24H23N5O4S/c1-17-14-22(26-16-25-17)27-10-12-28(13-11-27)34(32,33)19-8-6-18(7-9-19)15-29-23(30)20-4-2-3-5-21(20)24(29)31/h2-9,14,16H,10-13,15H2,1H3. The highest BCUT2D eigenvalue weighted by Gasteiger charge is 2.35. The van der Waals surface area contributed by atoms with Crippen LogP contribution in [-0.4, -0.2) is 65.6 Å². The first kappa shape index (κ1) is 22.2. The molecule has 0 saturated carbocycles. The number of sulfonamides is 1. The summed E-state index contributed by atoms with van der Waals surface area (Å²) >= 11 is 0. The van der Waals surface area contributed by atoms with E-state index in [0.29, 0.717) is 42.9 Å². The van der Waals surface area contributed by atoms with Gasteiger partial charge in [0.2, 0.25) is 10.0 Å². The van der Waals surface area contributed by atoms with Crippen LogP contribution in [0, 0.1) is 6.92 Å². The number of hydrogen-bond acceptors (Lipinski definition) is 7. The molecule has 1 saturated heterocycles. The van der Waals surface area contributed by atoms with E-state index >= 15 is 0 Å². The molecule has 9 nitrogen and oxygen atoms in total. The lowest BCUT2D eigenvalue weighted by molar-refractivity contribution is 0.0642. The van der Waals surface area contributed by atoms with Crippen molar-refractivity contribution in [1.82, 2.24) is 19.2 Å². The molecule has 34 heavy (non-hydrogen) atoms. The highest BCUT2D eigenvalue weighted by atomic mass is 32.2. The van der Waals surface area contributed by atoms with Gasteiger partial charge in [-0.25, -0.2) is 18.4 Å². The van der Waals surface area contributed by atoms with E-state index in [-0.39, 0.29) is 23.3 Å². The van der Waals surface area contributed by atoms with E-state index in [2.05, 4.69) is 9.97 Å². The molecule has 2 aliphatic heterocycles. The van der Waals surface area contributed by atoms with Crippen molar-refractivity contribution in [2.75, 3.05) is 31.1 Å². The second-order valence-corrected chi connectivity index (χ2v) is 10.2. The van der Waals surface area contributed by atoms with Crippen LogP contribution in [0.25, 0.3) is 0 Å². The van der Waals surface area contributed by atoms with Gasteiger partial charge >= 0.3 is 0 Å². The molecule has 5 rings (SSSR count). The van der Waals surface area contributed by atoms with Crippen LogP contribution in [0.15, 0.2) is 65.8 Å². The average Bonchev–Trinajstić information content (AvgIpc) is 3.09. The molecular weight excluding hydrogens is 454 g/mol. The van der Waals surface area contributed by atoms with Gasteiger partial charge in [-0.3, -0.25) is 14.5 Å². The molecule has 3 heterocycles. The molecule has 3 aromatic rings. The van der Waals surface area contributed by atoms with Gasteiger partial charge in [0.15, 0.2) is 0 Å². The second-order valence-electron chi connectivity index (χ2n) is 8.29. The van der Waals surface area contributed by atoms with E-state index in [1.165, 1.54) is 27.7 Å². The SMILES string of the molecule is Cc1cc(N2CCN(S(=O)(=O)c3ccc(CN4C(=O)c5ccccc5C4=O)cc3)CC2)ncn1. The predicted molar refractivity (Wildman–Crippen MR) is 125 cm³/mol. The summed E-state index contributed by atoms with van der Waals surface area (Å²) < 4.78 is 27.8. The molecule has 10 heteroatoms. The zero-order chi connectivity index (χ0) is 23.9. The number of imide groups is 1. The number of benzene rings is 2. The van der Waals surface area contributed by atoms with Crippen molar-refractivity contribution in [3.63, 3.8) is 0 Å². The second kappa shape index (κ2) is 8.62. The van der Waals surface area contributed by atoms with Crippen molar-refractivity contribution >= 4 is 27.7 Å². The zero-order valence-corrected chi connectivity index (χ0v) is 19.4. The molecule has 0 atom stereocenters. The van der Waals surface area contributed by atoms with Crippen molar-refractivity contribution in [2.24, 2.45) is 0 Å². The number of amides is 2. The van der Waals surface area contributed by atoms with Gasteiger partial charge in [-0.2, -0.15) is 4.31 Å². The summed E-state index contributed by atoms with van der Waals surface area (Å²) in [6, 6.07) is 15.0. The van der Waals surface area contributed by atoms with Gasteiger partial charge in [-0.15, -0.1) is 0 Å². The van der Waals surface area contributed by atoms with Crippen molar-refractivity contribution in [1.29, 1.82) is 0 Å². The van der Waals surface area contributed by atoms with Crippen LogP contribution in [0.4, 0.5) is 5.82 Å². The van der Waals surface area contributed by atoms with Crippen LogP contribution in [0.5, 0.6) is 0 Å². The molecule has 0 unspecified atom stereocenters. The Kier molecular flexibility index (Phi) is 5.62. The maximum absolute atomic E-state index is 13.2. The minimum Gasteiger partial charge on any atom is -0.354 e. The third-order valence-corrected chi connectivity index (χ3v) is 8.04. The largest absolute Gasteiger partial charge is 0.354 e. The zero-order valence-electron chi connectivity index (χ0n) is 18.6. The summed E-state index contributed by atoms with van der Waals surface area (Å²) in [5, 5.41) is 0. The van der Waals surface area contributed by atoms with Gasteiger partial charge in [0.1, 0.15) is 12.1 Å². The topological polar surface area (TPSA) is 104 Å². The summed E-state index contributed by atoms with van der Waals surface area (Å²) in [6.45, 7) is 3.75. The molecule has 174 valence electrons. The van der Waals surface area contributed by atoms with E-state index in [1.807, 2.05) is 17.9 Å². The van der Waals surface area contributed by atoms with E-state index in [4.69, 9.17) is 0 Å². The van der Waals surface area contributed by atoms with Crippen LogP contribution in [0.2, 0.25) is 0 Å². The molecule has 2 aliphatic rings. The Hall–Kier alpha value is -3.63. The van der Waals surface area contributed by atoms with Crippen LogP contribution in [0.3, 0.4) is 0 Å². The number of hydrogen-bond donors (Lipinski definition) is 0. The van der Waals surface area contributed by atoms with Gasteiger partial charge in [0.05, 0.1) is 22.6 Å². The monoisotopic (exact) mass is 477 g/mol. The molecule has 0 spiro atoms. The fraction of sp³-hybridized carbons (Fsp3) is 0.250. The number of anilines is 1. The van der Waals surface area contributed by atoms with Crippen molar-refractivity contribution in [2.45, 2.75) is 18.4 Å². The minimum atomic E-state index is -3.66. The van der Waals surface area contributed by atoms with Crippen LogP contribution < -0.4 is 4.90 Å². The van der Waals surface area contributed by atoms with Gasteiger partial charge in [0, 0.05) is 37.9 Å². The third kappa shape index (κ3) is 3.95. The Balaban J connectivity index is 1.25. The number of aryl methyl sites for hydroxylation is 1. The lowest BCUT2D eigenvalue weighted by Gasteiger charge is -2.34. The molecule has 1 aromatic heterocycles. The molecule has 0 radical (unpaired) electrons. The maximum Gasteiger partial charge on any atom is 0.261 e. The molecule has 0 N–H and O–H groups in total. The van der Waals surface area contributed by atoms with E-state index in [0.717, 1.165) is 11.5 Å². The number of piperazine rings is 1. The Bertz CT molecular complexity index is 1330. The first-order valence-electron chi connectivity index (χ1n) is 10.9. The fourth-order valence-electron chi connectivity index (χ4n) is 4.25. The van der Waals surface area contributed by atoms with Gasteiger partial charge in [-0.1, -0.05) is 24.3 Å². The average molecular weight is 478 g/mol. The first-order valence-corrected chi connectivity index (χ1v) is 12.4. The van der Waals surface area contributed by atoms with Crippen LogP contribution in [-0.2, 0) is 16.6 Å². The number of nitrogens with zero attached hydrogens (tertiary/aromatic N) is 5. The molecular formula is C24H23N5O4S. The quantitative estimate of drug-likeness (QED) is 0.518. The molecule has 2 amide bonds. The normalized spacial score (nSPS) is 16.7. The van der Waals surface area contributed by atoms with Crippen molar-refractivity contribution in [3.8, 4) is 0 Å². The van der Waals surface area contributed by atoms with Gasteiger partial charge in [0.25, 0.3) is 11.8 Å². The summed E-state index contributed by atoms with van der Waals surface area (Å²) in [5.74, 6) is 0.116. The van der Waals surface area contributed by atoms with Gasteiger partial charge < -0.3 is 4.90 Å². The smallest absolute Gasteiger partial charge is 0.261 e. The minimum absolute atomic E-state index is 0.0870. The number of rotatable bonds is 5. The summed E-state index contributed by atoms with van der Waals surface area (Å²) in [4.78, 5) is 37.0. The Labute approximate surface area is 197 Å². The number of carbonyl (C=O) groups excluding carboxylic acids is 2. The van der Waals surface area contributed by atoms with Crippen molar-refractivity contribution < 1.29 is 18.0 Å².